The second kappa shape index (κ2) is 6.87. The average molecular weight is 315 g/mol. The van der Waals surface area contributed by atoms with Crippen LogP contribution in [0.3, 0.4) is 0 Å². The van der Waals surface area contributed by atoms with Crippen molar-refractivity contribution < 1.29 is 0 Å². The van der Waals surface area contributed by atoms with E-state index >= 15 is 0 Å². The summed E-state index contributed by atoms with van der Waals surface area (Å²) < 4.78 is 3.96. The zero-order chi connectivity index (χ0) is 15.4. The number of hydrogen-bond acceptors (Lipinski definition) is 6. The molecule has 0 spiro atoms. The molecular weight excluding hydrogens is 294 g/mol. The van der Waals surface area contributed by atoms with Crippen LogP contribution >= 0.6 is 11.5 Å². The minimum atomic E-state index is 0.114. The van der Waals surface area contributed by atoms with Crippen LogP contribution in [0.4, 0.5) is 0 Å². The molecule has 0 fully saturated rings. The Morgan fingerprint density at radius 2 is 2.36 bits per heavy atom. The highest BCUT2D eigenvalue weighted by atomic mass is 32.1. The Morgan fingerprint density at radius 3 is 3.09 bits per heavy atom. The van der Waals surface area contributed by atoms with Gasteiger partial charge in [-0.2, -0.15) is 5.10 Å². The summed E-state index contributed by atoms with van der Waals surface area (Å²) in [5, 5.41) is 13.8. The van der Waals surface area contributed by atoms with Crippen LogP contribution in [0.25, 0.3) is 0 Å². The largest absolute Gasteiger partial charge is 0.379 e. The highest BCUT2D eigenvalue weighted by molar-refractivity contribution is 7.03. The van der Waals surface area contributed by atoms with E-state index < -0.39 is 0 Å². The molecule has 22 heavy (non-hydrogen) atoms. The van der Waals surface area contributed by atoms with Gasteiger partial charge >= 0.3 is 0 Å². The topological polar surface area (TPSA) is 62.2 Å². The van der Waals surface area contributed by atoms with Gasteiger partial charge in [-0.15, -0.1) is 11.7 Å². The molecule has 1 aromatic rings. The summed E-state index contributed by atoms with van der Waals surface area (Å²) in [7, 11) is 0. The number of aromatic nitrogens is 2. The summed E-state index contributed by atoms with van der Waals surface area (Å²) in [6.07, 6.45) is 11.7. The molecule has 2 N–H and O–H groups in total. The standard InChI is InChI=1S/C16H21N5S/c1-3-5-6-11-7-15(16-10-22-21-20-16)17-8-12(11)13-9-18-19-14(13)4-2/h4,7-10,13-15,17,19H,2-3,5-6H2,1H3. The third-order valence-corrected chi connectivity index (χ3v) is 4.63. The number of dihydropyridines is 1. The molecule has 0 saturated heterocycles. The molecule has 2 aliphatic rings. The molecule has 0 aliphatic carbocycles. The second-order valence-electron chi connectivity index (χ2n) is 5.56. The van der Waals surface area contributed by atoms with Crippen LogP contribution in [0.2, 0.25) is 0 Å². The van der Waals surface area contributed by atoms with Crippen molar-refractivity contribution >= 4 is 17.7 Å². The summed E-state index contributed by atoms with van der Waals surface area (Å²) in [5.74, 6) is 0.239. The molecule has 6 heteroatoms. The van der Waals surface area contributed by atoms with Gasteiger partial charge < -0.3 is 10.7 Å². The van der Waals surface area contributed by atoms with Gasteiger partial charge in [0.05, 0.1) is 12.1 Å². The zero-order valence-corrected chi connectivity index (χ0v) is 13.5. The lowest BCUT2D eigenvalue weighted by Gasteiger charge is -2.27. The molecule has 3 unspecified atom stereocenters. The molecule has 3 rings (SSSR count). The molecule has 0 aromatic carbocycles. The zero-order valence-electron chi connectivity index (χ0n) is 12.7. The summed E-state index contributed by atoms with van der Waals surface area (Å²) in [4.78, 5) is 0. The van der Waals surface area contributed by atoms with Gasteiger partial charge in [0.2, 0.25) is 0 Å². The van der Waals surface area contributed by atoms with Crippen molar-refractivity contribution in [3.05, 3.63) is 47.2 Å². The molecular formula is C16H21N5S. The van der Waals surface area contributed by atoms with Crippen LogP contribution in [-0.2, 0) is 0 Å². The maximum absolute atomic E-state index is 4.21. The van der Waals surface area contributed by atoms with Crippen LogP contribution in [0.5, 0.6) is 0 Å². The van der Waals surface area contributed by atoms with Crippen molar-refractivity contribution in [3.63, 3.8) is 0 Å². The van der Waals surface area contributed by atoms with Crippen molar-refractivity contribution in [2.45, 2.75) is 38.3 Å². The maximum Gasteiger partial charge on any atom is 0.102 e. The van der Waals surface area contributed by atoms with E-state index in [4.69, 9.17) is 0 Å². The van der Waals surface area contributed by atoms with Crippen molar-refractivity contribution in [3.8, 4) is 0 Å². The van der Waals surface area contributed by atoms with Gasteiger partial charge in [0.25, 0.3) is 0 Å². The molecule has 0 saturated carbocycles. The average Bonchev–Trinajstić information content (AvgIpc) is 3.23. The molecule has 3 heterocycles. The van der Waals surface area contributed by atoms with Crippen molar-refractivity contribution in [2.75, 3.05) is 0 Å². The second-order valence-corrected chi connectivity index (χ2v) is 6.17. The van der Waals surface area contributed by atoms with Crippen LogP contribution in [0.1, 0.15) is 37.9 Å². The van der Waals surface area contributed by atoms with E-state index in [0.717, 1.165) is 12.1 Å². The van der Waals surface area contributed by atoms with E-state index in [-0.39, 0.29) is 18.0 Å². The van der Waals surface area contributed by atoms with Crippen LogP contribution in [0, 0.1) is 5.92 Å². The first-order chi connectivity index (χ1) is 10.8. The Hall–Kier alpha value is -1.95. The van der Waals surface area contributed by atoms with Gasteiger partial charge in [-0.3, -0.25) is 0 Å². The van der Waals surface area contributed by atoms with E-state index in [1.807, 2.05) is 17.7 Å². The van der Waals surface area contributed by atoms with Crippen molar-refractivity contribution in [2.24, 2.45) is 11.0 Å². The fourth-order valence-corrected chi connectivity index (χ4v) is 3.35. The van der Waals surface area contributed by atoms with E-state index in [0.29, 0.717) is 0 Å². The highest BCUT2D eigenvalue weighted by Gasteiger charge is 2.29. The van der Waals surface area contributed by atoms with E-state index in [1.54, 1.807) is 0 Å². The fourth-order valence-electron chi connectivity index (χ4n) is 2.86. The van der Waals surface area contributed by atoms with Crippen LogP contribution in [-0.4, -0.2) is 21.8 Å². The lowest BCUT2D eigenvalue weighted by atomic mass is 9.84. The van der Waals surface area contributed by atoms with Gasteiger partial charge in [0.1, 0.15) is 5.69 Å². The molecule has 5 nitrogen and oxygen atoms in total. The Kier molecular flexibility index (Phi) is 4.68. The Balaban J connectivity index is 1.85. The fraction of sp³-hybridized carbons (Fsp3) is 0.438. The first-order valence-corrected chi connectivity index (χ1v) is 8.52. The minimum absolute atomic E-state index is 0.114. The Labute approximate surface area is 135 Å². The van der Waals surface area contributed by atoms with Crippen LogP contribution in [0.15, 0.2) is 46.6 Å². The first kappa shape index (κ1) is 15.0. The molecule has 116 valence electrons. The van der Waals surface area contributed by atoms with Gasteiger partial charge in [-0.1, -0.05) is 30.0 Å². The van der Waals surface area contributed by atoms with Crippen molar-refractivity contribution in [1.82, 2.24) is 20.3 Å². The van der Waals surface area contributed by atoms with Gasteiger partial charge in [0.15, 0.2) is 0 Å². The number of nitrogens with zero attached hydrogens (tertiary/aromatic N) is 3. The highest BCUT2D eigenvalue weighted by Crippen LogP contribution is 2.33. The van der Waals surface area contributed by atoms with Gasteiger partial charge in [0, 0.05) is 23.7 Å². The monoisotopic (exact) mass is 315 g/mol. The number of allylic oxidation sites excluding steroid dienone is 1. The predicted molar refractivity (Wildman–Crippen MR) is 90.6 cm³/mol. The number of rotatable bonds is 6. The SMILES string of the molecule is C=CC1NN=CC1C1=CNC(c2csnn2)C=C1CCCC. The number of unbranched alkanes of at least 4 members (excludes halogenated alkanes) is 1. The summed E-state index contributed by atoms with van der Waals surface area (Å²) in [6, 6.07) is 0.276. The lowest BCUT2D eigenvalue weighted by Crippen LogP contribution is -2.30. The normalized spacial score (nSPS) is 26.9. The Bertz CT molecular complexity index is 602. The summed E-state index contributed by atoms with van der Waals surface area (Å²) in [6.45, 7) is 6.12. The number of hydrogen-bond donors (Lipinski definition) is 2. The van der Waals surface area contributed by atoms with E-state index in [2.05, 4.69) is 51.2 Å². The molecule has 1 aromatic heterocycles. The molecule has 0 radical (unpaired) electrons. The quantitative estimate of drug-likeness (QED) is 0.792. The third kappa shape index (κ3) is 2.97. The molecule has 0 bridgehead atoms. The third-order valence-electron chi connectivity index (χ3n) is 4.11. The van der Waals surface area contributed by atoms with Crippen molar-refractivity contribution in [1.29, 1.82) is 0 Å². The Morgan fingerprint density at radius 1 is 1.45 bits per heavy atom. The molecule has 3 atom stereocenters. The smallest absolute Gasteiger partial charge is 0.102 e. The first-order valence-electron chi connectivity index (χ1n) is 7.69. The predicted octanol–water partition coefficient (Wildman–Crippen LogP) is 2.94. The molecule has 2 aliphatic heterocycles. The minimum Gasteiger partial charge on any atom is -0.379 e. The van der Waals surface area contributed by atoms with E-state index in [1.165, 1.54) is 35.5 Å². The van der Waals surface area contributed by atoms with E-state index in [9.17, 15) is 0 Å². The molecule has 0 amide bonds. The number of hydrazone groups is 1. The van der Waals surface area contributed by atoms with Gasteiger partial charge in [-0.25, -0.2) is 0 Å². The lowest BCUT2D eigenvalue weighted by molar-refractivity contribution is 0.590. The van der Waals surface area contributed by atoms with Crippen LogP contribution < -0.4 is 10.7 Å². The maximum atomic E-state index is 4.21. The number of nitrogens with one attached hydrogen (secondary N) is 2. The van der Waals surface area contributed by atoms with Gasteiger partial charge in [-0.05, 0) is 35.5 Å². The summed E-state index contributed by atoms with van der Waals surface area (Å²) in [5.41, 5.74) is 6.76. The summed E-state index contributed by atoms with van der Waals surface area (Å²) >= 11 is 1.39.